The van der Waals surface area contributed by atoms with Crippen LogP contribution in [0.15, 0.2) is 41.3 Å². The van der Waals surface area contributed by atoms with E-state index in [0.29, 0.717) is 11.5 Å². The van der Waals surface area contributed by atoms with Crippen molar-refractivity contribution in [2.75, 3.05) is 12.1 Å². The standard InChI is InChI=1S/C18H21N3O6S/c1-11(2)20-28(24,25)14-5-6-15(16(9-14)21(22)23)19-12(3)13-4-7-17-18(8-13)27-10-26-17/h4-9,11-12,19-20H,10H2,1-3H3. The van der Waals surface area contributed by atoms with Gasteiger partial charge in [0, 0.05) is 18.2 Å². The monoisotopic (exact) mass is 407 g/mol. The SMILES string of the molecule is CC(C)NS(=O)(=O)c1ccc(NC(C)c2ccc3c(c2)OCO3)c([N+](=O)[O-])c1. The van der Waals surface area contributed by atoms with Crippen LogP contribution in [-0.2, 0) is 10.0 Å². The van der Waals surface area contributed by atoms with E-state index in [1.165, 1.54) is 12.1 Å². The zero-order valence-corrected chi connectivity index (χ0v) is 16.4. The molecule has 0 spiro atoms. The molecule has 1 aliphatic rings. The molecule has 1 heterocycles. The first kappa shape index (κ1) is 19.9. The van der Waals surface area contributed by atoms with Gasteiger partial charge in [-0.05, 0) is 50.6 Å². The van der Waals surface area contributed by atoms with Gasteiger partial charge in [-0.15, -0.1) is 0 Å². The summed E-state index contributed by atoms with van der Waals surface area (Å²) in [5, 5.41) is 14.6. The Morgan fingerprint density at radius 2 is 1.79 bits per heavy atom. The molecule has 0 bridgehead atoms. The first-order valence-corrected chi connectivity index (χ1v) is 10.1. The second-order valence-electron chi connectivity index (χ2n) is 6.69. The average molecular weight is 407 g/mol. The van der Waals surface area contributed by atoms with Gasteiger partial charge in [0.05, 0.1) is 9.82 Å². The summed E-state index contributed by atoms with van der Waals surface area (Å²) < 4.78 is 37.7. The van der Waals surface area contributed by atoms with Crippen LogP contribution in [0.4, 0.5) is 11.4 Å². The van der Waals surface area contributed by atoms with Gasteiger partial charge in [-0.25, -0.2) is 13.1 Å². The molecule has 0 aliphatic carbocycles. The Balaban J connectivity index is 1.88. The molecule has 3 rings (SSSR count). The van der Waals surface area contributed by atoms with E-state index in [-0.39, 0.29) is 35.1 Å². The molecule has 9 nitrogen and oxygen atoms in total. The number of rotatable bonds is 7. The molecular formula is C18H21N3O6S. The highest BCUT2D eigenvalue weighted by Crippen LogP contribution is 2.36. The van der Waals surface area contributed by atoms with Crippen molar-refractivity contribution < 1.29 is 22.8 Å². The van der Waals surface area contributed by atoms with E-state index in [1.54, 1.807) is 26.0 Å². The lowest BCUT2D eigenvalue weighted by molar-refractivity contribution is -0.384. The zero-order chi connectivity index (χ0) is 20.5. The molecule has 28 heavy (non-hydrogen) atoms. The van der Waals surface area contributed by atoms with Crippen molar-refractivity contribution in [3.63, 3.8) is 0 Å². The minimum Gasteiger partial charge on any atom is -0.454 e. The Kier molecular flexibility index (Phi) is 5.43. The topological polar surface area (TPSA) is 120 Å². The number of hydrogen-bond donors (Lipinski definition) is 2. The third-order valence-corrected chi connectivity index (χ3v) is 5.79. The average Bonchev–Trinajstić information content (AvgIpc) is 3.08. The summed E-state index contributed by atoms with van der Waals surface area (Å²) in [5.41, 5.74) is 0.745. The molecule has 0 fully saturated rings. The number of ether oxygens (including phenoxy) is 2. The smallest absolute Gasteiger partial charge is 0.293 e. The van der Waals surface area contributed by atoms with Gasteiger partial charge in [0.1, 0.15) is 5.69 Å². The van der Waals surface area contributed by atoms with Crippen LogP contribution in [-0.4, -0.2) is 26.2 Å². The molecule has 0 radical (unpaired) electrons. The van der Waals surface area contributed by atoms with Gasteiger partial charge in [-0.1, -0.05) is 6.07 Å². The van der Waals surface area contributed by atoms with Crippen LogP contribution in [0.1, 0.15) is 32.4 Å². The van der Waals surface area contributed by atoms with E-state index in [0.717, 1.165) is 11.6 Å². The molecule has 1 atom stereocenters. The van der Waals surface area contributed by atoms with Gasteiger partial charge in [0.25, 0.3) is 5.69 Å². The van der Waals surface area contributed by atoms with Crippen LogP contribution in [0.25, 0.3) is 0 Å². The fourth-order valence-electron chi connectivity index (χ4n) is 2.83. The summed E-state index contributed by atoms with van der Waals surface area (Å²) in [7, 11) is -3.83. The van der Waals surface area contributed by atoms with E-state index in [2.05, 4.69) is 10.0 Å². The predicted octanol–water partition coefficient (Wildman–Crippen LogP) is 3.18. The summed E-state index contributed by atoms with van der Waals surface area (Å²) in [6.07, 6.45) is 0. The normalized spacial score (nSPS) is 14.1. The fourth-order valence-corrected chi connectivity index (χ4v) is 4.10. The molecule has 0 aromatic heterocycles. The van der Waals surface area contributed by atoms with Crippen molar-refractivity contribution in [2.24, 2.45) is 0 Å². The largest absolute Gasteiger partial charge is 0.454 e. The third kappa shape index (κ3) is 4.18. The van der Waals surface area contributed by atoms with Gasteiger partial charge < -0.3 is 14.8 Å². The summed E-state index contributed by atoms with van der Waals surface area (Å²) in [4.78, 5) is 10.7. The molecule has 0 saturated heterocycles. The van der Waals surface area contributed by atoms with Gasteiger partial charge >= 0.3 is 0 Å². The van der Waals surface area contributed by atoms with Crippen molar-refractivity contribution in [1.82, 2.24) is 4.72 Å². The van der Waals surface area contributed by atoms with E-state index in [9.17, 15) is 18.5 Å². The van der Waals surface area contributed by atoms with Crippen molar-refractivity contribution in [1.29, 1.82) is 0 Å². The fraction of sp³-hybridized carbons (Fsp3) is 0.333. The van der Waals surface area contributed by atoms with Crippen LogP contribution >= 0.6 is 0 Å². The number of nitrogens with zero attached hydrogens (tertiary/aromatic N) is 1. The number of nitro groups is 1. The number of hydrogen-bond acceptors (Lipinski definition) is 7. The second-order valence-corrected chi connectivity index (χ2v) is 8.40. The highest BCUT2D eigenvalue weighted by atomic mass is 32.2. The molecule has 1 unspecified atom stereocenters. The van der Waals surface area contributed by atoms with E-state index >= 15 is 0 Å². The van der Waals surface area contributed by atoms with Gasteiger partial charge in [-0.2, -0.15) is 0 Å². The third-order valence-electron chi connectivity index (χ3n) is 4.14. The Labute approximate surface area is 162 Å². The Morgan fingerprint density at radius 3 is 2.46 bits per heavy atom. The number of nitrogens with one attached hydrogen (secondary N) is 2. The minimum atomic E-state index is -3.83. The maximum Gasteiger partial charge on any atom is 0.293 e. The molecule has 0 saturated carbocycles. The van der Waals surface area contributed by atoms with Crippen LogP contribution in [0, 0.1) is 10.1 Å². The van der Waals surface area contributed by atoms with Crippen LogP contribution < -0.4 is 19.5 Å². The highest BCUT2D eigenvalue weighted by molar-refractivity contribution is 7.89. The number of nitro benzene ring substituents is 1. The Morgan fingerprint density at radius 1 is 1.07 bits per heavy atom. The highest BCUT2D eigenvalue weighted by Gasteiger charge is 2.23. The van der Waals surface area contributed by atoms with Crippen molar-refractivity contribution in [3.8, 4) is 11.5 Å². The summed E-state index contributed by atoms with van der Waals surface area (Å²) in [5.74, 6) is 1.26. The van der Waals surface area contributed by atoms with E-state index in [4.69, 9.17) is 9.47 Å². The molecule has 2 aromatic rings. The molecule has 2 N–H and O–H groups in total. The number of anilines is 1. The van der Waals surface area contributed by atoms with Gasteiger partial charge in [-0.3, -0.25) is 10.1 Å². The molecule has 1 aliphatic heterocycles. The molecule has 2 aromatic carbocycles. The van der Waals surface area contributed by atoms with Crippen molar-refractivity contribution >= 4 is 21.4 Å². The summed E-state index contributed by atoms with van der Waals surface area (Å²) in [6.45, 7) is 5.35. The van der Waals surface area contributed by atoms with E-state index < -0.39 is 14.9 Å². The Bertz CT molecular complexity index is 1010. The Hall–Kier alpha value is -2.85. The first-order valence-electron chi connectivity index (χ1n) is 8.64. The second kappa shape index (κ2) is 7.64. The quantitative estimate of drug-likeness (QED) is 0.534. The van der Waals surface area contributed by atoms with Gasteiger partial charge in [0.2, 0.25) is 16.8 Å². The summed E-state index contributed by atoms with van der Waals surface area (Å²) >= 11 is 0. The van der Waals surface area contributed by atoms with Crippen LogP contribution in [0.5, 0.6) is 11.5 Å². The molecule has 10 heteroatoms. The summed E-state index contributed by atoms with van der Waals surface area (Å²) in [6, 6.07) is 8.59. The maximum absolute atomic E-state index is 12.3. The van der Waals surface area contributed by atoms with Crippen molar-refractivity contribution in [2.45, 2.75) is 37.8 Å². The first-order chi connectivity index (χ1) is 13.2. The number of benzene rings is 2. The number of sulfonamides is 1. The molecule has 150 valence electrons. The lowest BCUT2D eigenvalue weighted by Crippen LogP contribution is -2.30. The maximum atomic E-state index is 12.3. The van der Waals surface area contributed by atoms with E-state index in [1.807, 2.05) is 13.0 Å². The van der Waals surface area contributed by atoms with Crippen molar-refractivity contribution in [3.05, 3.63) is 52.1 Å². The lowest BCUT2D eigenvalue weighted by Gasteiger charge is -2.17. The van der Waals surface area contributed by atoms with Gasteiger partial charge in [0.15, 0.2) is 11.5 Å². The number of fused-ring (bicyclic) bond motifs is 1. The van der Waals surface area contributed by atoms with Crippen LogP contribution in [0.2, 0.25) is 0 Å². The molecular weight excluding hydrogens is 386 g/mol. The molecule has 0 amide bonds. The predicted molar refractivity (Wildman–Crippen MR) is 103 cm³/mol. The lowest BCUT2D eigenvalue weighted by atomic mass is 10.1. The van der Waals surface area contributed by atoms with Crippen LogP contribution in [0.3, 0.4) is 0 Å². The zero-order valence-electron chi connectivity index (χ0n) is 15.6. The minimum absolute atomic E-state index is 0.158.